The van der Waals surface area contributed by atoms with E-state index < -0.39 is 6.67 Å². The van der Waals surface area contributed by atoms with E-state index in [9.17, 15) is 9.18 Å². The van der Waals surface area contributed by atoms with Crippen molar-refractivity contribution in [1.82, 2.24) is 9.55 Å². The van der Waals surface area contributed by atoms with Crippen LogP contribution >= 0.6 is 0 Å². The van der Waals surface area contributed by atoms with Crippen LogP contribution in [-0.4, -0.2) is 36.5 Å². The molecule has 1 aliphatic rings. The number of benzene rings is 1. The highest BCUT2D eigenvalue weighted by atomic mass is 19.1. The first-order chi connectivity index (χ1) is 11.7. The summed E-state index contributed by atoms with van der Waals surface area (Å²) < 4.78 is 23.7. The highest BCUT2D eigenvalue weighted by Gasteiger charge is 2.18. The lowest BCUT2D eigenvalue weighted by Gasteiger charge is -2.21. The van der Waals surface area contributed by atoms with Gasteiger partial charge >= 0.3 is 5.69 Å². The van der Waals surface area contributed by atoms with Crippen molar-refractivity contribution in [1.29, 1.82) is 0 Å². The predicted octanol–water partition coefficient (Wildman–Crippen LogP) is 1.81. The minimum Gasteiger partial charge on any atom is -0.481 e. The Morgan fingerprint density at radius 3 is 3.04 bits per heavy atom. The molecule has 0 radical (unpaired) electrons. The summed E-state index contributed by atoms with van der Waals surface area (Å²) in [4.78, 5) is 15.9. The molecule has 0 fully saturated rings. The number of aryl methyl sites for hydroxylation is 1. The van der Waals surface area contributed by atoms with Gasteiger partial charge in [-0.15, -0.1) is 0 Å². The van der Waals surface area contributed by atoms with Gasteiger partial charge in [0.2, 0.25) is 5.88 Å². The standard InChI is InChI=1S/C18H17FN2O3/c1-23-17-12-16-15-5-4-13(3-2-9-24-10-7-19)11-14(15)6-8-21(16)18(22)20-17/h4-5,11-12H,6-10H2,1H3. The van der Waals surface area contributed by atoms with E-state index in [0.29, 0.717) is 12.4 Å². The molecular formula is C18H17FN2O3. The maximum Gasteiger partial charge on any atom is 0.351 e. The molecule has 0 bridgehead atoms. The van der Waals surface area contributed by atoms with Crippen molar-refractivity contribution in [3.05, 3.63) is 45.9 Å². The van der Waals surface area contributed by atoms with Crippen molar-refractivity contribution < 1.29 is 13.9 Å². The van der Waals surface area contributed by atoms with Crippen LogP contribution < -0.4 is 10.4 Å². The van der Waals surface area contributed by atoms with Gasteiger partial charge in [0, 0.05) is 23.7 Å². The average molecular weight is 328 g/mol. The number of rotatable bonds is 4. The third-order valence-corrected chi connectivity index (χ3v) is 3.81. The largest absolute Gasteiger partial charge is 0.481 e. The molecule has 1 aliphatic heterocycles. The molecular weight excluding hydrogens is 311 g/mol. The number of hydrogen-bond acceptors (Lipinski definition) is 4. The summed E-state index contributed by atoms with van der Waals surface area (Å²) in [6.45, 7) is 0.356. The van der Waals surface area contributed by atoms with Gasteiger partial charge in [-0.2, -0.15) is 4.98 Å². The van der Waals surface area contributed by atoms with Crippen molar-refractivity contribution >= 4 is 0 Å². The maximum absolute atomic E-state index is 12.1. The highest BCUT2D eigenvalue weighted by molar-refractivity contribution is 5.67. The van der Waals surface area contributed by atoms with Gasteiger partial charge in [0.05, 0.1) is 19.4 Å². The minimum atomic E-state index is -0.502. The Morgan fingerprint density at radius 2 is 2.25 bits per heavy atom. The predicted molar refractivity (Wildman–Crippen MR) is 87.9 cm³/mol. The Bertz CT molecular complexity index is 865. The van der Waals surface area contributed by atoms with Gasteiger partial charge in [0.1, 0.15) is 13.3 Å². The van der Waals surface area contributed by atoms with Crippen molar-refractivity contribution in [3.63, 3.8) is 0 Å². The zero-order valence-electron chi connectivity index (χ0n) is 13.3. The monoisotopic (exact) mass is 328 g/mol. The van der Waals surface area contributed by atoms with Crippen LogP contribution in [0.5, 0.6) is 5.88 Å². The fraction of sp³-hybridized carbons (Fsp3) is 0.333. The number of ether oxygens (including phenoxy) is 2. The molecule has 6 heteroatoms. The van der Waals surface area contributed by atoms with E-state index >= 15 is 0 Å². The van der Waals surface area contributed by atoms with E-state index in [1.807, 2.05) is 18.2 Å². The number of fused-ring (bicyclic) bond motifs is 3. The Morgan fingerprint density at radius 1 is 1.38 bits per heavy atom. The number of hydrogen-bond donors (Lipinski definition) is 0. The SMILES string of the molecule is COc1cc2n(c(=O)n1)CCc1cc(C#CCOCCF)ccc1-2. The van der Waals surface area contributed by atoms with Gasteiger partial charge in [0.15, 0.2) is 0 Å². The van der Waals surface area contributed by atoms with Gasteiger partial charge in [-0.25, -0.2) is 9.18 Å². The molecule has 2 heterocycles. The topological polar surface area (TPSA) is 53.4 Å². The third-order valence-electron chi connectivity index (χ3n) is 3.81. The molecule has 0 saturated carbocycles. The second kappa shape index (κ2) is 7.28. The summed E-state index contributed by atoms with van der Waals surface area (Å²) in [6, 6.07) is 7.63. The zero-order chi connectivity index (χ0) is 16.9. The summed E-state index contributed by atoms with van der Waals surface area (Å²) in [7, 11) is 1.49. The molecule has 1 aromatic heterocycles. The smallest absolute Gasteiger partial charge is 0.351 e. The van der Waals surface area contributed by atoms with Crippen molar-refractivity contribution in [3.8, 4) is 29.0 Å². The van der Waals surface area contributed by atoms with E-state index in [0.717, 1.165) is 28.8 Å². The number of nitrogens with zero attached hydrogens (tertiary/aromatic N) is 2. The second-order valence-corrected chi connectivity index (χ2v) is 5.28. The molecule has 0 aliphatic carbocycles. The molecule has 0 saturated heterocycles. The fourth-order valence-electron chi connectivity index (χ4n) is 2.70. The first-order valence-electron chi connectivity index (χ1n) is 7.64. The second-order valence-electron chi connectivity index (χ2n) is 5.28. The summed E-state index contributed by atoms with van der Waals surface area (Å²) in [5.74, 6) is 6.19. The lowest BCUT2D eigenvalue weighted by atomic mass is 9.95. The Labute approximate surface area is 139 Å². The molecule has 5 nitrogen and oxygen atoms in total. The highest BCUT2D eigenvalue weighted by Crippen LogP contribution is 2.30. The van der Waals surface area contributed by atoms with E-state index in [2.05, 4.69) is 16.8 Å². The van der Waals surface area contributed by atoms with Crippen molar-refractivity contribution in [2.45, 2.75) is 13.0 Å². The van der Waals surface area contributed by atoms with Crippen molar-refractivity contribution in [2.75, 3.05) is 27.0 Å². The Kier molecular flexibility index (Phi) is 4.92. The first-order valence-corrected chi connectivity index (χ1v) is 7.64. The molecule has 2 aromatic rings. The minimum absolute atomic E-state index is 0.0697. The van der Waals surface area contributed by atoms with E-state index in [1.165, 1.54) is 7.11 Å². The number of aromatic nitrogens is 2. The normalized spacial score (nSPS) is 11.9. The lowest BCUT2D eigenvalue weighted by molar-refractivity contribution is 0.148. The summed E-state index contributed by atoms with van der Waals surface area (Å²) >= 11 is 0. The lowest BCUT2D eigenvalue weighted by Crippen LogP contribution is -2.28. The third kappa shape index (κ3) is 3.31. The summed E-state index contributed by atoms with van der Waals surface area (Å²) in [5.41, 5.74) is 3.48. The fourth-order valence-corrected chi connectivity index (χ4v) is 2.70. The Hall–Kier alpha value is -2.65. The van der Waals surface area contributed by atoms with Crippen LogP contribution in [-0.2, 0) is 17.7 Å². The van der Waals surface area contributed by atoms with Crippen LogP contribution in [0.15, 0.2) is 29.1 Å². The number of alkyl halides is 1. The quantitative estimate of drug-likeness (QED) is 0.634. The molecule has 24 heavy (non-hydrogen) atoms. The Balaban J connectivity index is 1.90. The van der Waals surface area contributed by atoms with E-state index in [4.69, 9.17) is 9.47 Å². The van der Waals surface area contributed by atoms with Crippen LogP contribution in [0.3, 0.4) is 0 Å². The van der Waals surface area contributed by atoms with Crippen LogP contribution in [0.4, 0.5) is 4.39 Å². The van der Waals surface area contributed by atoms with Crippen LogP contribution in [0.1, 0.15) is 11.1 Å². The van der Waals surface area contributed by atoms with Gasteiger partial charge in [-0.1, -0.05) is 17.9 Å². The van der Waals surface area contributed by atoms with Gasteiger partial charge in [-0.05, 0) is 24.1 Å². The van der Waals surface area contributed by atoms with E-state index in [-0.39, 0.29) is 18.9 Å². The molecule has 0 amide bonds. The van der Waals surface area contributed by atoms with Crippen LogP contribution in [0, 0.1) is 11.8 Å². The molecule has 3 rings (SSSR count). The summed E-state index contributed by atoms with van der Waals surface area (Å²) in [5, 5.41) is 0. The zero-order valence-corrected chi connectivity index (χ0v) is 13.3. The maximum atomic E-state index is 12.1. The molecule has 0 spiro atoms. The van der Waals surface area contributed by atoms with Gasteiger partial charge in [-0.3, -0.25) is 4.57 Å². The van der Waals surface area contributed by atoms with Gasteiger partial charge in [0.25, 0.3) is 0 Å². The van der Waals surface area contributed by atoms with Crippen LogP contribution in [0.2, 0.25) is 0 Å². The molecule has 1 aromatic carbocycles. The van der Waals surface area contributed by atoms with Crippen LogP contribution in [0.25, 0.3) is 11.3 Å². The molecule has 0 atom stereocenters. The number of methoxy groups -OCH3 is 1. The van der Waals surface area contributed by atoms with Crippen molar-refractivity contribution in [2.24, 2.45) is 0 Å². The molecule has 124 valence electrons. The molecule has 0 unspecified atom stereocenters. The summed E-state index contributed by atoms with van der Waals surface area (Å²) in [6.07, 6.45) is 0.740. The van der Waals surface area contributed by atoms with E-state index in [1.54, 1.807) is 10.6 Å². The molecule has 0 N–H and O–H groups in total. The average Bonchev–Trinajstić information content (AvgIpc) is 2.61. The van der Waals surface area contributed by atoms with Gasteiger partial charge < -0.3 is 9.47 Å². The number of halogens is 1. The first kappa shape index (κ1) is 16.2.